The van der Waals surface area contributed by atoms with E-state index in [0.29, 0.717) is 23.2 Å². The van der Waals surface area contributed by atoms with E-state index < -0.39 is 12.2 Å². The largest absolute Gasteiger partial charge is 0.390 e. The third-order valence-electron chi connectivity index (χ3n) is 2.32. The van der Waals surface area contributed by atoms with Gasteiger partial charge in [0.05, 0.1) is 12.3 Å². The first-order chi connectivity index (χ1) is 7.54. The second-order valence-electron chi connectivity index (χ2n) is 4.38. The van der Waals surface area contributed by atoms with Crippen LogP contribution >= 0.6 is 15.9 Å². The van der Waals surface area contributed by atoms with Gasteiger partial charge in [-0.1, -0.05) is 29.8 Å². The van der Waals surface area contributed by atoms with Gasteiger partial charge in [-0.25, -0.2) is 0 Å². The number of halogens is 1. The summed E-state index contributed by atoms with van der Waals surface area (Å²) in [6.45, 7) is 5.04. The summed E-state index contributed by atoms with van der Waals surface area (Å²) < 4.78 is 1.80. The van der Waals surface area contributed by atoms with Crippen molar-refractivity contribution in [3.05, 3.63) is 18.0 Å². The van der Waals surface area contributed by atoms with Gasteiger partial charge in [-0.15, -0.1) is 0 Å². The van der Waals surface area contributed by atoms with Crippen molar-refractivity contribution in [3.8, 4) is 0 Å². The van der Waals surface area contributed by atoms with E-state index in [2.05, 4.69) is 34.9 Å². The Morgan fingerprint density at radius 1 is 1.44 bits per heavy atom. The molecule has 0 aromatic carbocycles. The van der Waals surface area contributed by atoms with Crippen molar-refractivity contribution in [3.63, 3.8) is 0 Å². The van der Waals surface area contributed by atoms with Gasteiger partial charge in [-0.2, -0.15) is 5.10 Å². The smallest absolute Gasteiger partial charge is 0.108 e. The second kappa shape index (κ2) is 6.37. The number of aliphatic hydroxyl groups is 2. The molecule has 0 aliphatic rings. The topological polar surface area (TPSA) is 58.3 Å². The number of hydrogen-bond donors (Lipinski definition) is 2. The highest BCUT2D eigenvalue weighted by molar-refractivity contribution is 9.09. The lowest BCUT2D eigenvalue weighted by Crippen LogP contribution is -2.18. The van der Waals surface area contributed by atoms with Crippen molar-refractivity contribution in [1.29, 1.82) is 0 Å². The molecule has 0 aliphatic heterocycles. The maximum atomic E-state index is 9.84. The molecule has 0 amide bonds. The molecule has 1 rings (SSSR count). The molecule has 92 valence electrons. The number of alkyl halides is 1. The molecule has 1 heterocycles. The van der Waals surface area contributed by atoms with Gasteiger partial charge in [0, 0.05) is 23.6 Å². The fourth-order valence-corrected chi connectivity index (χ4v) is 1.97. The van der Waals surface area contributed by atoms with Crippen LogP contribution in [0.15, 0.2) is 12.4 Å². The van der Waals surface area contributed by atoms with Gasteiger partial charge < -0.3 is 10.2 Å². The fraction of sp³-hybridized carbons (Fsp3) is 0.727. The van der Waals surface area contributed by atoms with Crippen molar-refractivity contribution in [1.82, 2.24) is 9.78 Å². The molecule has 2 unspecified atom stereocenters. The molecule has 0 saturated heterocycles. The first kappa shape index (κ1) is 13.7. The lowest BCUT2D eigenvalue weighted by Gasteiger charge is -2.14. The molecule has 0 spiro atoms. The molecule has 0 bridgehead atoms. The van der Waals surface area contributed by atoms with Crippen LogP contribution in [0.2, 0.25) is 0 Å². The van der Waals surface area contributed by atoms with E-state index in [0.717, 1.165) is 6.54 Å². The van der Waals surface area contributed by atoms with Crippen LogP contribution in [-0.4, -0.2) is 31.4 Å². The highest BCUT2D eigenvalue weighted by Gasteiger charge is 2.19. The lowest BCUT2D eigenvalue weighted by atomic mass is 10.1. The first-order valence-corrected chi connectivity index (χ1v) is 6.61. The summed E-state index contributed by atoms with van der Waals surface area (Å²) in [6, 6.07) is 0. The Morgan fingerprint density at radius 3 is 2.69 bits per heavy atom. The van der Waals surface area contributed by atoms with Crippen molar-refractivity contribution >= 4 is 15.9 Å². The Morgan fingerprint density at radius 2 is 2.12 bits per heavy atom. The minimum absolute atomic E-state index is 0.511. The molecule has 0 aliphatic carbocycles. The average Bonchev–Trinajstić information content (AvgIpc) is 2.64. The second-order valence-corrected chi connectivity index (χ2v) is 5.17. The van der Waals surface area contributed by atoms with E-state index in [1.54, 1.807) is 17.1 Å². The van der Waals surface area contributed by atoms with E-state index in [9.17, 15) is 10.2 Å². The van der Waals surface area contributed by atoms with Crippen LogP contribution in [0.5, 0.6) is 0 Å². The Balaban J connectivity index is 2.62. The van der Waals surface area contributed by atoms with E-state index in [1.165, 1.54) is 0 Å². The third kappa shape index (κ3) is 3.88. The van der Waals surface area contributed by atoms with Crippen LogP contribution < -0.4 is 0 Å². The van der Waals surface area contributed by atoms with Crippen LogP contribution in [0.4, 0.5) is 0 Å². The van der Waals surface area contributed by atoms with Gasteiger partial charge in [-0.05, 0) is 12.3 Å². The summed E-state index contributed by atoms with van der Waals surface area (Å²) >= 11 is 3.24. The van der Waals surface area contributed by atoms with Crippen LogP contribution in [-0.2, 0) is 6.54 Å². The molecule has 1 aromatic rings. The quantitative estimate of drug-likeness (QED) is 0.785. The Hall–Kier alpha value is -0.390. The van der Waals surface area contributed by atoms with Gasteiger partial charge in [0.15, 0.2) is 0 Å². The van der Waals surface area contributed by atoms with Crippen LogP contribution in [0, 0.1) is 5.92 Å². The van der Waals surface area contributed by atoms with Gasteiger partial charge in [-0.3, -0.25) is 4.68 Å². The van der Waals surface area contributed by atoms with E-state index >= 15 is 0 Å². The summed E-state index contributed by atoms with van der Waals surface area (Å²) in [5, 5.41) is 24.3. The van der Waals surface area contributed by atoms with Gasteiger partial charge in [0.2, 0.25) is 0 Å². The minimum atomic E-state index is -0.849. The van der Waals surface area contributed by atoms with Crippen molar-refractivity contribution in [2.24, 2.45) is 5.92 Å². The van der Waals surface area contributed by atoms with E-state index in [4.69, 9.17) is 0 Å². The van der Waals surface area contributed by atoms with Crippen molar-refractivity contribution in [2.45, 2.75) is 39.0 Å². The van der Waals surface area contributed by atoms with E-state index in [1.807, 2.05) is 0 Å². The van der Waals surface area contributed by atoms with Gasteiger partial charge in [0.25, 0.3) is 0 Å². The fourth-order valence-electron chi connectivity index (χ4n) is 1.50. The normalized spacial score (nSPS) is 15.4. The predicted octanol–water partition coefficient (Wildman–Crippen LogP) is 1.72. The summed E-state index contributed by atoms with van der Waals surface area (Å²) in [4.78, 5) is 0. The Labute approximate surface area is 104 Å². The highest BCUT2D eigenvalue weighted by atomic mass is 79.9. The van der Waals surface area contributed by atoms with Gasteiger partial charge >= 0.3 is 0 Å². The number of rotatable bonds is 6. The average molecular weight is 291 g/mol. The van der Waals surface area contributed by atoms with Crippen molar-refractivity contribution in [2.75, 3.05) is 5.33 Å². The molecule has 16 heavy (non-hydrogen) atoms. The minimum Gasteiger partial charge on any atom is -0.390 e. The predicted molar refractivity (Wildman–Crippen MR) is 66.4 cm³/mol. The molecule has 0 fully saturated rings. The third-order valence-corrected chi connectivity index (χ3v) is 2.77. The SMILES string of the molecule is CC(C)Cn1cc(C(O)C(O)CCBr)cn1. The van der Waals surface area contributed by atoms with E-state index in [-0.39, 0.29) is 0 Å². The number of aromatic nitrogens is 2. The zero-order valence-corrected chi connectivity index (χ0v) is 11.3. The number of nitrogens with zero attached hydrogens (tertiary/aromatic N) is 2. The molecular formula is C11H19BrN2O2. The maximum absolute atomic E-state index is 9.84. The molecule has 1 aromatic heterocycles. The summed E-state index contributed by atoms with van der Waals surface area (Å²) in [6.07, 6.45) is 2.35. The zero-order chi connectivity index (χ0) is 12.1. The monoisotopic (exact) mass is 290 g/mol. The Bertz CT molecular complexity index is 315. The molecule has 0 saturated carbocycles. The molecular weight excluding hydrogens is 272 g/mol. The van der Waals surface area contributed by atoms with Gasteiger partial charge in [0.1, 0.15) is 6.10 Å². The first-order valence-electron chi connectivity index (χ1n) is 5.49. The molecule has 2 N–H and O–H groups in total. The summed E-state index contributed by atoms with van der Waals surface area (Å²) in [5.41, 5.74) is 0.675. The molecule has 0 radical (unpaired) electrons. The standard InChI is InChI=1S/C11H19BrN2O2/c1-8(2)6-14-7-9(5-13-14)11(16)10(15)3-4-12/h5,7-8,10-11,15-16H,3-4,6H2,1-2H3. The molecule has 2 atom stereocenters. The maximum Gasteiger partial charge on any atom is 0.108 e. The number of aliphatic hydroxyl groups excluding tert-OH is 2. The summed E-state index contributed by atoms with van der Waals surface area (Å²) in [7, 11) is 0. The number of hydrogen-bond acceptors (Lipinski definition) is 3. The summed E-state index contributed by atoms with van der Waals surface area (Å²) in [5.74, 6) is 0.511. The molecule has 4 nitrogen and oxygen atoms in total. The zero-order valence-electron chi connectivity index (χ0n) is 9.67. The van der Waals surface area contributed by atoms with Crippen LogP contribution in [0.1, 0.15) is 31.9 Å². The lowest BCUT2D eigenvalue weighted by molar-refractivity contribution is 0.0173. The highest BCUT2D eigenvalue weighted by Crippen LogP contribution is 2.19. The van der Waals surface area contributed by atoms with Crippen molar-refractivity contribution < 1.29 is 10.2 Å². The molecule has 5 heteroatoms. The van der Waals surface area contributed by atoms with Crippen LogP contribution in [0.25, 0.3) is 0 Å². The Kier molecular flexibility index (Phi) is 5.44. The van der Waals surface area contributed by atoms with Crippen LogP contribution in [0.3, 0.4) is 0 Å².